The number of hydrogen-bond acceptors (Lipinski definition) is 1. The van der Waals surface area contributed by atoms with Gasteiger partial charge in [-0.15, -0.1) is 0 Å². The Morgan fingerprint density at radius 3 is 1.67 bits per heavy atom. The first-order chi connectivity index (χ1) is 13.2. The minimum atomic E-state index is 1.17. The predicted octanol–water partition coefficient (Wildman–Crippen LogP) is 7.44. The number of para-hydroxylation sites is 1. The number of aryl methyl sites for hydroxylation is 2. The van der Waals surface area contributed by atoms with E-state index in [4.69, 9.17) is 0 Å². The van der Waals surface area contributed by atoms with Crippen LogP contribution in [0.4, 0.5) is 17.1 Å². The summed E-state index contributed by atoms with van der Waals surface area (Å²) >= 11 is 0. The van der Waals surface area contributed by atoms with Crippen molar-refractivity contribution in [1.82, 2.24) is 0 Å². The van der Waals surface area contributed by atoms with Crippen molar-refractivity contribution in [2.24, 2.45) is 0 Å². The molecule has 0 bridgehead atoms. The summed E-state index contributed by atoms with van der Waals surface area (Å²) in [6.45, 7) is 4.28. The zero-order valence-electron chi connectivity index (χ0n) is 15.8. The molecule has 0 N–H and O–H groups in total. The molecule has 0 saturated heterocycles. The Hall–Kier alpha value is -3.32. The van der Waals surface area contributed by atoms with Crippen LogP contribution in [0.2, 0.25) is 0 Å². The van der Waals surface area contributed by atoms with Crippen LogP contribution in [-0.2, 0) is 0 Å². The van der Waals surface area contributed by atoms with Crippen molar-refractivity contribution in [3.63, 3.8) is 0 Å². The van der Waals surface area contributed by atoms with E-state index in [9.17, 15) is 0 Å². The van der Waals surface area contributed by atoms with Gasteiger partial charge in [0.1, 0.15) is 0 Å². The highest BCUT2D eigenvalue weighted by molar-refractivity contribution is 5.88. The summed E-state index contributed by atoms with van der Waals surface area (Å²) in [7, 11) is 0. The maximum absolute atomic E-state index is 2.35. The highest BCUT2D eigenvalue weighted by Crippen LogP contribution is 2.40. The lowest BCUT2D eigenvalue weighted by molar-refractivity contribution is 1.26. The Morgan fingerprint density at radius 2 is 1.07 bits per heavy atom. The number of nitrogens with zero attached hydrogens (tertiary/aromatic N) is 1. The molecule has 0 aliphatic heterocycles. The second-order valence-electron chi connectivity index (χ2n) is 6.90. The van der Waals surface area contributed by atoms with E-state index >= 15 is 0 Å². The summed E-state index contributed by atoms with van der Waals surface area (Å²) in [6.07, 6.45) is 0. The zero-order chi connectivity index (χ0) is 18.6. The van der Waals surface area contributed by atoms with Crippen LogP contribution in [0.25, 0.3) is 11.1 Å². The van der Waals surface area contributed by atoms with Crippen molar-refractivity contribution in [3.8, 4) is 11.1 Å². The van der Waals surface area contributed by atoms with E-state index in [2.05, 4.69) is 122 Å². The highest BCUT2D eigenvalue weighted by atomic mass is 15.1. The normalized spacial score (nSPS) is 10.6. The molecule has 0 radical (unpaired) electrons. The molecule has 4 aromatic carbocycles. The second-order valence-corrected chi connectivity index (χ2v) is 6.90. The van der Waals surface area contributed by atoms with Gasteiger partial charge in [0.25, 0.3) is 0 Å². The van der Waals surface area contributed by atoms with Gasteiger partial charge in [-0.1, -0.05) is 72.8 Å². The molecule has 0 aromatic heterocycles. The van der Waals surface area contributed by atoms with E-state index in [-0.39, 0.29) is 0 Å². The van der Waals surface area contributed by atoms with Crippen molar-refractivity contribution in [2.45, 2.75) is 13.8 Å². The molecule has 4 aromatic rings. The Balaban J connectivity index is 1.95. The molecule has 1 nitrogen and oxygen atoms in total. The summed E-state index contributed by atoms with van der Waals surface area (Å²) < 4.78 is 0. The fraction of sp³-hybridized carbons (Fsp3) is 0.0769. The Bertz CT molecular complexity index is 1000. The van der Waals surface area contributed by atoms with E-state index in [1.54, 1.807) is 0 Å². The second kappa shape index (κ2) is 7.51. The van der Waals surface area contributed by atoms with Crippen molar-refractivity contribution in [3.05, 3.63) is 114 Å². The fourth-order valence-electron chi connectivity index (χ4n) is 3.49. The van der Waals surface area contributed by atoms with Gasteiger partial charge in [0.15, 0.2) is 0 Å². The molecule has 27 heavy (non-hydrogen) atoms. The number of rotatable bonds is 4. The van der Waals surface area contributed by atoms with Crippen LogP contribution >= 0.6 is 0 Å². The van der Waals surface area contributed by atoms with Gasteiger partial charge < -0.3 is 4.90 Å². The number of hydrogen-bond donors (Lipinski definition) is 0. The Morgan fingerprint density at radius 1 is 0.519 bits per heavy atom. The molecular formula is C26H23N. The van der Waals surface area contributed by atoms with Gasteiger partial charge >= 0.3 is 0 Å². The molecule has 0 fully saturated rings. The minimum Gasteiger partial charge on any atom is -0.310 e. The number of benzene rings is 4. The fourth-order valence-corrected chi connectivity index (χ4v) is 3.49. The maximum Gasteiger partial charge on any atom is 0.0540 e. The molecule has 4 rings (SSSR count). The summed E-state index contributed by atoms with van der Waals surface area (Å²) in [5.41, 5.74) is 8.47. The maximum atomic E-state index is 2.35. The number of anilines is 3. The standard InChI is InChI=1S/C26H23N/c1-20-10-8-14-23(18-20)27(24-15-9-11-21(2)19-24)26-17-7-6-16-25(26)22-12-4-3-5-13-22/h3-19H,1-2H3. The van der Waals surface area contributed by atoms with Crippen LogP contribution in [0, 0.1) is 13.8 Å². The van der Waals surface area contributed by atoms with E-state index in [0.29, 0.717) is 0 Å². The quantitative estimate of drug-likeness (QED) is 0.370. The summed E-state index contributed by atoms with van der Waals surface area (Å²) in [5.74, 6) is 0. The van der Waals surface area contributed by atoms with Crippen LogP contribution < -0.4 is 4.90 Å². The minimum absolute atomic E-state index is 1.17. The average Bonchev–Trinajstić information content (AvgIpc) is 2.70. The molecule has 1 heteroatoms. The van der Waals surface area contributed by atoms with Crippen molar-refractivity contribution in [1.29, 1.82) is 0 Å². The molecule has 0 aliphatic rings. The third kappa shape index (κ3) is 3.63. The molecule has 0 atom stereocenters. The van der Waals surface area contributed by atoms with Crippen LogP contribution in [0.1, 0.15) is 11.1 Å². The summed E-state index contributed by atoms with van der Waals surface area (Å²) in [4.78, 5) is 2.35. The third-order valence-electron chi connectivity index (χ3n) is 4.75. The lowest BCUT2D eigenvalue weighted by Crippen LogP contribution is -2.11. The molecule has 0 spiro atoms. The SMILES string of the molecule is Cc1cccc(N(c2cccc(C)c2)c2ccccc2-c2ccccc2)c1. The van der Waals surface area contributed by atoms with E-state index in [1.807, 2.05) is 0 Å². The molecule has 0 unspecified atom stereocenters. The predicted molar refractivity (Wildman–Crippen MR) is 116 cm³/mol. The van der Waals surface area contributed by atoms with Crippen LogP contribution in [0.15, 0.2) is 103 Å². The largest absolute Gasteiger partial charge is 0.310 e. The van der Waals surface area contributed by atoms with Gasteiger partial charge in [-0.25, -0.2) is 0 Å². The summed E-state index contributed by atoms with van der Waals surface area (Å²) in [6, 6.07) is 36.6. The van der Waals surface area contributed by atoms with Crippen LogP contribution in [0.3, 0.4) is 0 Å². The molecule has 0 heterocycles. The van der Waals surface area contributed by atoms with Crippen LogP contribution in [0.5, 0.6) is 0 Å². The van der Waals surface area contributed by atoms with Crippen molar-refractivity contribution >= 4 is 17.1 Å². The van der Waals surface area contributed by atoms with E-state index in [1.165, 1.54) is 39.3 Å². The topological polar surface area (TPSA) is 3.24 Å². The smallest absolute Gasteiger partial charge is 0.0540 e. The first-order valence-electron chi connectivity index (χ1n) is 9.30. The van der Waals surface area contributed by atoms with Crippen molar-refractivity contribution in [2.75, 3.05) is 4.90 Å². The molecule has 0 amide bonds. The van der Waals surface area contributed by atoms with Crippen molar-refractivity contribution < 1.29 is 0 Å². The van der Waals surface area contributed by atoms with E-state index < -0.39 is 0 Å². The lowest BCUT2D eigenvalue weighted by Gasteiger charge is -2.28. The van der Waals surface area contributed by atoms with Gasteiger partial charge in [0.05, 0.1) is 5.69 Å². The Labute approximate surface area is 161 Å². The third-order valence-corrected chi connectivity index (χ3v) is 4.75. The first kappa shape index (κ1) is 17.1. The van der Waals surface area contributed by atoms with Gasteiger partial charge in [0.2, 0.25) is 0 Å². The first-order valence-corrected chi connectivity index (χ1v) is 9.30. The molecular weight excluding hydrogens is 326 g/mol. The van der Waals surface area contributed by atoms with Gasteiger partial charge in [-0.3, -0.25) is 0 Å². The average molecular weight is 349 g/mol. The van der Waals surface area contributed by atoms with Gasteiger partial charge in [-0.2, -0.15) is 0 Å². The molecule has 132 valence electrons. The molecule has 0 aliphatic carbocycles. The lowest BCUT2D eigenvalue weighted by atomic mass is 10.0. The van der Waals surface area contributed by atoms with Gasteiger partial charge in [-0.05, 0) is 60.9 Å². The van der Waals surface area contributed by atoms with E-state index in [0.717, 1.165) is 0 Å². The van der Waals surface area contributed by atoms with Gasteiger partial charge in [0, 0.05) is 16.9 Å². The highest BCUT2D eigenvalue weighted by Gasteiger charge is 2.16. The zero-order valence-corrected chi connectivity index (χ0v) is 15.8. The summed E-state index contributed by atoms with van der Waals surface area (Å²) in [5, 5.41) is 0. The monoisotopic (exact) mass is 349 g/mol. The molecule has 0 saturated carbocycles. The Kier molecular flexibility index (Phi) is 4.76. The van der Waals surface area contributed by atoms with Crippen LogP contribution in [-0.4, -0.2) is 0 Å².